The summed E-state index contributed by atoms with van der Waals surface area (Å²) in [5.74, 6) is 2.28. The maximum atomic E-state index is 12.6. The van der Waals surface area contributed by atoms with E-state index < -0.39 is 32.6 Å². The largest absolute Gasteiger partial charge is 0.451 e. The van der Waals surface area contributed by atoms with Gasteiger partial charge in [0.05, 0.1) is 11.9 Å². The second kappa shape index (κ2) is 14.5. The Labute approximate surface area is 277 Å². The number of anilines is 2. The Balaban J connectivity index is 1.19. The molecule has 3 unspecified atom stereocenters. The molecule has 2 aromatic heterocycles. The Hall–Kier alpha value is -4.45. The molecule has 0 aliphatic carbocycles. The van der Waals surface area contributed by atoms with Crippen molar-refractivity contribution in [1.82, 2.24) is 24.5 Å². The zero-order valence-electron chi connectivity index (χ0n) is 26.3. The number of fused-ring (bicyclic) bond motifs is 1. The maximum Gasteiger partial charge on any atom is 0.316 e. The molecule has 5 aromatic rings. The molecule has 0 fully saturated rings. The third kappa shape index (κ3) is 8.88. The highest BCUT2D eigenvalue weighted by Crippen LogP contribution is 2.32. The van der Waals surface area contributed by atoms with Gasteiger partial charge < -0.3 is 13.1 Å². The first-order valence-electron chi connectivity index (χ1n) is 14.5. The summed E-state index contributed by atoms with van der Waals surface area (Å²) in [5, 5.41) is 12.0. The molecule has 0 radical (unpaired) electrons. The Morgan fingerprint density at radius 3 is 2.28 bits per heavy atom. The lowest BCUT2D eigenvalue weighted by Crippen LogP contribution is -2.26. The molecule has 47 heavy (non-hydrogen) atoms. The summed E-state index contributed by atoms with van der Waals surface area (Å²) in [5.41, 5.74) is 4.15. The number of nitrogens with zero attached hydrogens (tertiary/aromatic N) is 3. The monoisotopic (exact) mass is 701 g/mol. The number of nitrogens with one attached hydrogen (secondary N) is 4. The molecule has 0 aliphatic heterocycles. The van der Waals surface area contributed by atoms with Gasteiger partial charge in [-0.2, -0.15) is 8.42 Å². The van der Waals surface area contributed by atoms with E-state index in [2.05, 4.69) is 29.5 Å². The molecule has 5 rings (SSSR count). The number of sulfonamides is 1. The van der Waals surface area contributed by atoms with Gasteiger partial charge in [0.15, 0.2) is 11.6 Å². The van der Waals surface area contributed by atoms with Crippen molar-refractivity contribution in [3.8, 4) is 23.0 Å². The number of aromatic amines is 1. The number of hydrogen-bond donors (Lipinski definition) is 4. The molecule has 0 aliphatic rings. The van der Waals surface area contributed by atoms with Crippen LogP contribution in [0.4, 0.5) is 11.4 Å². The average Bonchev–Trinajstić information content (AvgIpc) is 3.58. The molecule has 3 atom stereocenters. The molecule has 0 saturated carbocycles. The summed E-state index contributed by atoms with van der Waals surface area (Å²) < 4.78 is 74.8. The first kappa shape index (κ1) is 33.9. The van der Waals surface area contributed by atoms with Crippen LogP contribution in [0, 0.1) is 13.8 Å². The minimum absolute atomic E-state index is 0.230. The van der Waals surface area contributed by atoms with Crippen LogP contribution in [0.1, 0.15) is 42.4 Å². The van der Waals surface area contributed by atoms with E-state index in [0.717, 1.165) is 23.1 Å². The van der Waals surface area contributed by atoms with Crippen LogP contribution in [0.3, 0.4) is 0 Å². The zero-order chi connectivity index (χ0) is 33.7. The van der Waals surface area contributed by atoms with Crippen molar-refractivity contribution in [1.29, 1.82) is 0 Å². The van der Waals surface area contributed by atoms with Crippen LogP contribution in [0.15, 0.2) is 66.7 Å². The third-order valence-electron chi connectivity index (χ3n) is 6.83. The van der Waals surface area contributed by atoms with Crippen molar-refractivity contribution in [2.45, 2.75) is 40.0 Å². The van der Waals surface area contributed by atoms with E-state index in [9.17, 15) is 16.8 Å². The third-order valence-corrected chi connectivity index (χ3v) is 8.91. The van der Waals surface area contributed by atoms with E-state index in [1.54, 1.807) is 28.8 Å². The topological polar surface area (TPSA) is 178 Å². The van der Waals surface area contributed by atoms with Crippen molar-refractivity contribution in [3.05, 3.63) is 89.4 Å². The van der Waals surface area contributed by atoms with Gasteiger partial charge >= 0.3 is 11.3 Å². The fourth-order valence-corrected chi connectivity index (χ4v) is 6.45. The maximum absolute atomic E-state index is 12.6. The normalized spacial score (nSPS) is 13.6. The molecular weight excluding hydrogens is 667 g/mol. The molecular formula is C30H35N7O7S3. The number of H-pyrrole nitrogens is 1. The molecule has 2 heterocycles. The molecule has 0 spiro atoms. The SMILES string of the molecule is CCc1[nH]n2c(C(C)CNS(=O)Oc3ccc(NS(C)(=O)=O)cc3)nnc2c1Oc1ccc(NS(=O)Oc2cc(C)ccc2C)cc1. The van der Waals surface area contributed by atoms with E-state index in [-0.39, 0.29) is 12.5 Å². The highest BCUT2D eigenvalue weighted by atomic mass is 32.2. The number of aryl methyl sites for hydroxylation is 3. The van der Waals surface area contributed by atoms with Crippen LogP contribution in [-0.4, -0.2) is 49.4 Å². The first-order chi connectivity index (χ1) is 22.4. The van der Waals surface area contributed by atoms with Crippen LogP contribution in [0.2, 0.25) is 0 Å². The Kier molecular flexibility index (Phi) is 10.5. The number of benzene rings is 3. The Morgan fingerprint density at radius 1 is 0.915 bits per heavy atom. The van der Waals surface area contributed by atoms with Crippen LogP contribution in [-0.2, 0) is 39.0 Å². The molecule has 3 aromatic carbocycles. The van der Waals surface area contributed by atoms with Gasteiger partial charge in [0.25, 0.3) is 11.3 Å². The van der Waals surface area contributed by atoms with Crippen molar-refractivity contribution in [2.75, 3.05) is 22.2 Å². The molecule has 17 heteroatoms. The fourth-order valence-electron chi connectivity index (χ4n) is 4.44. The summed E-state index contributed by atoms with van der Waals surface area (Å²) in [4.78, 5) is 0. The van der Waals surface area contributed by atoms with Gasteiger partial charge in [0.2, 0.25) is 15.7 Å². The predicted molar refractivity (Wildman–Crippen MR) is 182 cm³/mol. The molecule has 250 valence electrons. The minimum Gasteiger partial charge on any atom is -0.451 e. The summed E-state index contributed by atoms with van der Waals surface area (Å²) in [7, 11) is -3.41. The fraction of sp³-hybridized carbons (Fsp3) is 0.267. The van der Waals surface area contributed by atoms with Gasteiger partial charge in [-0.25, -0.2) is 17.7 Å². The summed E-state index contributed by atoms with van der Waals surface area (Å²) in [6, 6.07) is 18.7. The van der Waals surface area contributed by atoms with Crippen molar-refractivity contribution in [3.63, 3.8) is 0 Å². The smallest absolute Gasteiger partial charge is 0.316 e. The van der Waals surface area contributed by atoms with E-state index in [0.29, 0.717) is 52.3 Å². The van der Waals surface area contributed by atoms with Gasteiger partial charge in [-0.05, 0) is 86.0 Å². The first-order valence-corrected chi connectivity index (χ1v) is 18.5. The second-order valence-electron chi connectivity index (χ2n) is 10.8. The lowest BCUT2D eigenvalue weighted by molar-refractivity contribution is 0.480. The lowest BCUT2D eigenvalue weighted by atomic mass is 10.1. The van der Waals surface area contributed by atoms with Gasteiger partial charge in [0.1, 0.15) is 17.2 Å². The number of hydrogen-bond acceptors (Lipinski definition) is 9. The average molecular weight is 702 g/mol. The van der Waals surface area contributed by atoms with Crippen LogP contribution >= 0.6 is 0 Å². The quantitative estimate of drug-likeness (QED) is 0.119. The Morgan fingerprint density at radius 2 is 1.60 bits per heavy atom. The summed E-state index contributed by atoms with van der Waals surface area (Å²) in [6.45, 7) is 7.97. The standard InChI is InChI=1S/C30H35N7O7S3/c1-6-26-28(42-24-13-9-22(10-14-24)35-46(39)44-27-17-19(2)7-8-20(27)3)30-33-32-29(37(30)34-26)21(4)18-31-45(38)43-25-15-11-23(12-16-25)36-47(5,40)41/h7-17,21,31,34-36H,6,18H2,1-5H3. The van der Waals surface area contributed by atoms with Gasteiger partial charge in [-0.15, -0.1) is 10.2 Å². The zero-order valence-corrected chi connectivity index (χ0v) is 28.7. The molecule has 0 amide bonds. The van der Waals surface area contributed by atoms with Crippen molar-refractivity contribution >= 4 is 49.6 Å². The second-order valence-corrected chi connectivity index (χ2v) is 14.3. The van der Waals surface area contributed by atoms with Crippen molar-refractivity contribution in [2.24, 2.45) is 0 Å². The highest BCUT2D eigenvalue weighted by Gasteiger charge is 2.22. The summed E-state index contributed by atoms with van der Waals surface area (Å²) in [6.07, 6.45) is 1.69. The molecule has 4 N–H and O–H groups in total. The predicted octanol–water partition coefficient (Wildman–Crippen LogP) is 4.82. The Bertz CT molecular complexity index is 2010. The number of ether oxygens (including phenoxy) is 1. The summed E-state index contributed by atoms with van der Waals surface area (Å²) >= 11 is -3.67. The van der Waals surface area contributed by atoms with Gasteiger partial charge in [-0.3, -0.25) is 14.5 Å². The minimum atomic E-state index is -3.41. The molecule has 0 saturated heterocycles. The van der Waals surface area contributed by atoms with E-state index in [4.69, 9.17) is 13.1 Å². The van der Waals surface area contributed by atoms with Crippen LogP contribution < -0.4 is 27.3 Å². The number of aromatic nitrogens is 4. The van der Waals surface area contributed by atoms with E-state index in [1.165, 1.54) is 24.3 Å². The van der Waals surface area contributed by atoms with Crippen molar-refractivity contribution < 1.29 is 29.9 Å². The van der Waals surface area contributed by atoms with Gasteiger partial charge in [0, 0.05) is 23.8 Å². The van der Waals surface area contributed by atoms with E-state index >= 15 is 0 Å². The van der Waals surface area contributed by atoms with E-state index in [1.807, 2.05) is 45.9 Å². The highest BCUT2D eigenvalue weighted by molar-refractivity contribution is 7.92. The van der Waals surface area contributed by atoms with Crippen LogP contribution in [0.5, 0.6) is 23.0 Å². The van der Waals surface area contributed by atoms with Crippen LogP contribution in [0.25, 0.3) is 5.65 Å². The number of rotatable bonds is 15. The van der Waals surface area contributed by atoms with Gasteiger partial charge in [-0.1, -0.05) is 26.0 Å². The molecule has 0 bridgehead atoms. The molecule has 14 nitrogen and oxygen atoms in total. The lowest BCUT2D eigenvalue weighted by Gasteiger charge is -2.11.